The van der Waals surface area contributed by atoms with Gasteiger partial charge in [0.15, 0.2) is 5.16 Å². The van der Waals surface area contributed by atoms with Gasteiger partial charge < -0.3 is 9.09 Å². The minimum Gasteiger partial charge on any atom is -0.361 e. The Bertz CT molecular complexity index is 484. The maximum absolute atomic E-state index is 5.14. The van der Waals surface area contributed by atoms with Crippen molar-refractivity contribution in [1.82, 2.24) is 19.9 Å². The largest absolute Gasteiger partial charge is 0.361 e. The van der Waals surface area contributed by atoms with E-state index >= 15 is 0 Å². The lowest BCUT2D eigenvalue weighted by Crippen LogP contribution is -2.01. The fraction of sp³-hybridized carbons (Fsp3) is 0.545. The Morgan fingerprint density at radius 2 is 2.18 bits per heavy atom. The van der Waals surface area contributed by atoms with Crippen LogP contribution in [-0.4, -0.2) is 19.9 Å². The highest BCUT2D eigenvalue weighted by Gasteiger charge is 2.12. The van der Waals surface area contributed by atoms with E-state index in [1.807, 2.05) is 13.8 Å². The molecule has 0 bridgehead atoms. The summed E-state index contributed by atoms with van der Waals surface area (Å²) in [7, 11) is 0. The average molecular weight is 252 g/mol. The first-order chi connectivity index (χ1) is 8.09. The number of rotatable bonds is 4. The van der Waals surface area contributed by atoms with Gasteiger partial charge in [-0.3, -0.25) is 0 Å². The van der Waals surface area contributed by atoms with Crippen molar-refractivity contribution in [2.75, 3.05) is 0 Å². The lowest BCUT2D eigenvalue weighted by Gasteiger charge is -2.08. The van der Waals surface area contributed by atoms with Gasteiger partial charge in [-0.05, 0) is 27.7 Å². The van der Waals surface area contributed by atoms with E-state index in [1.165, 1.54) is 0 Å². The van der Waals surface area contributed by atoms with E-state index in [9.17, 15) is 0 Å². The van der Waals surface area contributed by atoms with Gasteiger partial charge in [0.05, 0.1) is 5.69 Å². The zero-order valence-electron chi connectivity index (χ0n) is 10.5. The molecule has 92 valence electrons. The van der Waals surface area contributed by atoms with Gasteiger partial charge in [-0.1, -0.05) is 16.9 Å². The summed E-state index contributed by atoms with van der Waals surface area (Å²) in [6, 6.07) is 0.372. The summed E-state index contributed by atoms with van der Waals surface area (Å²) in [6.45, 7) is 8.12. The molecule has 2 aromatic heterocycles. The zero-order chi connectivity index (χ0) is 12.4. The first kappa shape index (κ1) is 12.2. The molecular weight excluding hydrogens is 236 g/mol. The molecule has 5 nitrogen and oxygen atoms in total. The van der Waals surface area contributed by atoms with E-state index < -0.39 is 0 Å². The molecule has 0 N–H and O–H groups in total. The van der Waals surface area contributed by atoms with Crippen LogP contribution in [0.25, 0.3) is 0 Å². The Hall–Kier alpha value is -1.30. The number of nitrogens with zero attached hydrogens (tertiary/aromatic N) is 4. The first-order valence-corrected chi connectivity index (χ1v) is 6.52. The summed E-state index contributed by atoms with van der Waals surface area (Å²) in [5.74, 6) is 1.69. The van der Waals surface area contributed by atoms with E-state index in [4.69, 9.17) is 4.52 Å². The van der Waals surface area contributed by atoms with Crippen LogP contribution in [0.15, 0.2) is 16.0 Å². The fourth-order valence-corrected chi connectivity index (χ4v) is 2.73. The van der Waals surface area contributed by atoms with Crippen LogP contribution in [0.4, 0.5) is 0 Å². The van der Waals surface area contributed by atoms with Crippen LogP contribution >= 0.6 is 11.8 Å². The van der Waals surface area contributed by atoms with Crippen molar-refractivity contribution in [3.63, 3.8) is 0 Å². The average Bonchev–Trinajstić information content (AvgIpc) is 2.85. The smallest absolute Gasteiger partial charge is 0.191 e. The van der Waals surface area contributed by atoms with Gasteiger partial charge in [-0.25, -0.2) is 0 Å². The molecular formula is C11H16N4OS. The third-order valence-corrected chi connectivity index (χ3v) is 3.61. The number of hydrogen-bond donors (Lipinski definition) is 0. The molecule has 0 fully saturated rings. The summed E-state index contributed by atoms with van der Waals surface area (Å²) in [6.07, 6.45) is 1.76. The number of thioether (sulfide) groups is 1. The van der Waals surface area contributed by atoms with Gasteiger partial charge in [-0.15, -0.1) is 10.2 Å². The van der Waals surface area contributed by atoms with Crippen LogP contribution in [0.2, 0.25) is 0 Å². The molecule has 2 rings (SSSR count). The van der Waals surface area contributed by atoms with Gasteiger partial charge in [0.1, 0.15) is 12.1 Å². The highest BCUT2D eigenvalue weighted by Crippen LogP contribution is 2.25. The van der Waals surface area contributed by atoms with Crippen LogP contribution in [-0.2, 0) is 5.75 Å². The maximum Gasteiger partial charge on any atom is 0.191 e. The SMILES string of the molecule is Cc1noc(C)c1CSc1nncn1C(C)C. The van der Waals surface area contributed by atoms with Crippen LogP contribution in [0.3, 0.4) is 0 Å². The van der Waals surface area contributed by atoms with Gasteiger partial charge in [-0.2, -0.15) is 0 Å². The van der Waals surface area contributed by atoms with Gasteiger partial charge >= 0.3 is 0 Å². The normalized spacial score (nSPS) is 11.4. The van der Waals surface area contributed by atoms with Crippen LogP contribution in [0.1, 0.15) is 36.9 Å². The number of aryl methyl sites for hydroxylation is 2. The maximum atomic E-state index is 5.14. The lowest BCUT2D eigenvalue weighted by molar-refractivity contribution is 0.392. The Morgan fingerprint density at radius 3 is 2.76 bits per heavy atom. The van der Waals surface area contributed by atoms with Crippen molar-refractivity contribution >= 4 is 11.8 Å². The highest BCUT2D eigenvalue weighted by atomic mass is 32.2. The second-order valence-corrected chi connectivity index (χ2v) is 5.15. The molecule has 17 heavy (non-hydrogen) atoms. The van der Waals surface area contributed by atoms with Crippen LogP contribution in [0, 0.1) is 13.8 Å². The van der Waals surface area contributed by atoms with Crippen molar-refractivity contribution in [1.29, 1.82) is 0 Å². The molecule has 0 unspecified atom stereocenters. The third kappa shape index (κ3) is 2.52. The molecule has 0 saturated carbocycles. The number of hydrogen-bond acceptors (Lipinski definition) is 5. The van der Waals surface area contributed by atoms with Crippen molar-refractivity contribution in [3.05, 3.63) is 23.3 Å². The van der Waals surface area contributed by atoms with Crippen molar-refractivity contribution in [2.24, 2.45) is 0 Å². The summed E-state index contributed by atoms with van der Waals surface area (Å²) in [4.78, 5) is 0. The van der Waals surface area contributed by atoms with E-state index in [0.29, 0.717) is 6.04 Å². The van der Waals surface area contributed by atoms with Crippen molar-refractivity contribution in [3.8, 4) is 0 Å². The Kier molecular flexibility index (Phi) is 3.51. The minimum absolute atomic E-state index is 0.372. The summed E-state index contributed by atoms with van der Waals surface area (Å²) < 4.78 is 7.20. The molecule has 6 heteroatoms. The van der Waals surface area contributed by atoms with Crippen molar-refractivity contribution in [2.45, 2.75) is 44.6 Å². The summed E-state index contributed by atoms with van der Waals surface area (Å²) in [5, 5.41) is 12.9. The Labute approximate surface area is 105 Å². The Balaban J connectivity index is 2.10. The molecule has 0 aliphatic rings. The second-order valence-electron chi connectivity index (χ2n) is 4.21. The minimum atomic E-state index is 0.372. The quantitative estimate of drug-likeness (QED) is 0.783. The first-order valence-electron chi connectivity index (χ1n) is 5.53. The molecule has 0 amide bonds. The molecule has 0 atom stereocenters. The molecule has 0 radical (unpaired) electrons. The van der Waals surface area contributed by atoms with Crippen molar-refractivity contribution < 1.29 is 4.52 Å². The number of aromatic nitrogens is 4. The van der Waals surface area contributed by atoms with Gasteiger partial charge in [0, 0.05) is 17.4 Å². The second kappa shape index (κ2) is 4.91. The van der Waals surface area contributed by atoms with E-state index in [-0.39, 0.29) is 0 Å². The molecule has 0 aliphatic carbocycles. The third-order valence-electron chi connectivity index (χ3n) is 2.62. The summed E-state index contributed by atoms with van der Waals surface area (Å²) in [5.41, 5.74) is 2.10. The predicted octanol–water partition coefficient (Wildman–Crippen LogP) is 2.76. The monoisotopic (exact) mass is 252 g/mol. The predicted molar refractivity (Wildman–Crippen MR) is 65.9 cm³/mol. The molecule has 0 saturated heterocycles. The Morgan fingerprint density at radius 1 is 1.41 bits per heavy atom. The topological polar surface area (TPSA) is 56.7 Å². The standard InChI is InChI=1S/C11H16N4OS/c1-7(2)15-6-12-13-11(15)17-5-10-8(3)14-16-9(10)4/h6-7H,5H2,1-4H3. The lowest BCUT2D eigenvalue weighted by atomic mass is 10.2. The summed E-state index contributed by atoms with van der Waals surface area (Å²) >= 11 is 1.66. The van der Waals surface area contributed by atoms with Crippen LogP contribution in [0.5, 0.6) is 0 Å². The fourth-order valence-electron chi connectivity index (χ4n) is 1.53. The molecule has 0 aliphatic heterocycles. The van der Waals surface area contributed by atoms with E-state index in [1.54, 1.807) is 18.1 Å². The van der Waals surface area contributed by atoms with Gasteiger partial charge in [0.25, 0.3) is 0 Å². The highest BCUT2D eigenvalue weighted by molar-refractivity contribution is 7.98. The van der Waals surface area contributed by atoms with E-state index in [0.717, 1.165) is 27.9 Å². The van der Waals surface area contributed by atoms with Crippen LogP contribution < -0.4 is 0 Å². The molecule has 2 aromatic rings. The molecule has 2 heterocycles. The van der Waals surface area contributed by atoms with Gasteiger partial charge in [0.2, 0.25) is 0 Å². The zero-order valence-corrected chi connectivity index (χ0v) is 11.3. The van der Waals surface area contributed by atoms with E-state index in [2.05, 4.69) is 33.8 Å². The molecule has 0 aromatic carbocycles. The molecule has 0 spiro atoms.